The lowest BCUT2D eigenvalue weighted by atomic mass is 10.0. The quantitative estimate of drug-likeness (QED) is 0.631. The fourth-order valence-corrected chi connectivity index (χ4v) is 2.56. The molecule has 0 amide bonds. The van der Waals surface area contributed by atoms with Crippen LogP contribution in [0.5, 0.6) is 0 Å². The van der Waals surface area contributed by atoms with Gasteiger partial charge in [0.15, 0.2) is 0 Å². The average molecular weight is 303 g/mol. The lowest BCUT2D eigenvalue weighted by Crippen LogP contribution is -2.36. The molecule has 5 N–H and O–H groups in total. The van der Waals surface area contributed by atoms with Crippen LogP contribution in [-0.4, -0.2) is 0 Å². The minimum atomic E-state index is -0.310. The summed E-state index contributed by atoms with van der Waals surface area (Å²) in [5, 5.41) is 3.23. The van der Waals surface area contributed by atoms with Gasteiger partial charge < -0.3 is 11.5 Å². The third-order valence-electron chi connectivity index (χ3n) is 3.89. The van der Waals surface area contributed by atoms with Gasteiger partial charge in [-0.1, -0.05) is 84.9 Å². The molecule has 116 valence electrons. The SMILES string of the molecule is NC(NC(N)c1ccc(-c2ccccc2)cc1)c1ccccc1. The van der Waals surface area contributed by atoms with Gasteiger partial charge in [-0.05, 0) is 22.3 Å². The van der Waals surface area contributed by atoms with Gasteiger partial charge >= 0.3 is 0 Å². The first kappa shape index (κ1) is 15.4. The van der Waals surface area contributed by atoms with E-state index in [4.69, 9.17) is 11.5 Å². The lowest BCUT2D eigenvalue weighted by Gasteiger charge is -2.20. The zero-order chi connectivity index (χ0) is 16.1. The molecule has 0 fully saturated rings. The highest BCUT2D eigenvalue weighted by atomic mass is 15.1. The van der Waals surface area contributed by atoms with Gasteiger partial charge in [-0.2, -0.15) is 0 Å². The maximum Gasteiger partial charge on any atom is 0.0824 e. The van der Waals surface area contributed by atoms with E-state index in [1.165, 1.54) is 11.1 Å². The van der Waals surface area contributed by atoms with Crippen LogP contribution in [0.1, 0.15) is 23.5 Å². The van der Waals surface area contributed by atoms with Gasteiger partial charge in [0.2, 0.25) is 0 Å². The van der Waals surface area contributed by atoms with Crippen LogP contribution in [0.2, 0.25) is 0 Å². The molecule has 3 heteroatoms. The van der Waals surface area contributed by atoms with Crippen LogP contribution < -0.4 is 16.8 Å². The molecule has 0 aromatic heterocycles. The molecule has 3 rings (SSSR count). The van der Waals surface area contributed by atoms with Crippen LogP contribution in [0.25, 0.3) is 11.1 Å². The van der Waals surface area contributed by atoms with E-state index < -0.39 is 0 Å². The summed E-state index contributed by atoms with van der Waals surface area (Å²) < 4.78 is 0. The lowest BCUT2D eigenvalue weighted by molar-refractivity contribution is 0.464. The Bertz CT molecular complexity index is 724. The molecule has 0 saturated carbocycles. The molecule has 0 bridgehead atoms. The summed E-state index contributed by atoms with van der Waals surface area (Å²) in [4.78, 5) is 0. The Morgan fingerprint density at radius 2 is 0.957 bits per heavy atom. The van der Waals surface area contributed by atoms with Gasteiger partial charge in [-0.25, -0.2) is 0 Å². The fraction of sp³-hybridized carbons (Fsp3) is 0.100. The average Bonchev–Trinajstić information content (AvgIpc) is 2.63. The van der Waals surface area contributed by atoms with Gasteiger partial charge in [0.1, 0.15) is 0 Å². The molecule has 0 aliphatic rings. The molecule has 3 aromatic carbocycles. The smallest absolute Gasteiger partial charge is 0.0824 e. The standard InChI is InChI=1S/C20H21N3/c21-19(17-9-5-2-6-10-17)23-20(22)18-13-11-16(12-14-18)15-7-3-1-4-8-15/h1-14,19-20,23H,21-22H2. The van der Waals surface area contributed by atoms with Gasteiger partial charge in [-0.3, -0.25) is 5.32 Å². The summed E-state index contributed by atoms with van der Waals surface area (Å²) in [7, 11) is 0. The topological polar surface area (TPSA) is 64.1 Å². The summed E-state index contributed by atoms with van der Waals surface area (Å²) in [5.74, 6) is 0. The molecule has 0 radical (unpaired) electrons. The molecule has 2 atom stereocenters. The Hall–Kier alpha value is -2.46. The summed E-state index contributed by atoms with van der Waals surface area (Å²) in [6.07, 6.45) is -0.602. The van der Waals surface area contributed by atoms with E-state index in [0.29, 0.717) is 0 Å². The predicted molar refractivity (Wildman–Crippen MR) is 95.3 cm³/mol. The van der Waals surface area contributed by atoms with Gasteiger partial charge in [0.05, 0.1) is 12.3 Å². The van der Waals surface area contributed by atoms with E-state index >= 15 is 0 Å². The Morgan fingerprint density at radius 1 is 0.522 bits per heavy atom. The van der Waals surface area contributed by atoms with Crippen LogP contribution in [0.15, 0.2) is 84.9 Å². The zero-order valence-corrected chi connectivity index (χ0v) is 12.9. The van der Waals surface area contributed by atoms with Crippen molar-refractivity contribution in [2.24, 2.45) is 11.5 Å². The molecular weight excluding hydrogens is 282 g/mol. The summed E-state index contributed by atoms with van der Waals surface area (Å²) in [6, 6.07) is 28.4. The van der Waals surface area contributed by atoms with Crippen molar-refractivity contribution in [3.8, 4) is 11.1 Å². The minimum absolute atomic E-state index is 0.292. The van der Waals surface area contributed by atoms with Crippen molar-refractivity contribution in [1.82, 2.24) is 5.32 Å². The molecule has 0 aliphatic carbocycles. The highest BCUT2D eigenvalue weighted by Gasteiger charge is 2.11. The molecule has 0 spiro atoms. The molecule has 0 heterocycles. The highest BCUT2D eigenvalue weighted by Crippen LogP contribution is 2.21. The highest BCUT2D eigenvalue weighted by molar-refractivity contribution is 5.63. The third kappa shape index (κ3) is 3.85. The first-order valence-corrected chi connectivity index (χ1v) is 7.71. The van der Waals surface area contributed by atoms with Crippen molar-refractivity contribution in [3.63, 3.8) is 0 Å². The first-order valence-electron chi connectivity index (χ1n) is 7.71. The van der Waals surface area contributed by atoms with Crippen molar-refractivity contribution in [2.45, 2.75) is 12.3 Å². The monoisotopic (exact) mass is 303 g/mol. The van der Waals surface area contributed by atoms with Crippen LogP contribution >= 0.6 is 0 Å². The molecule has 0 saturated heterocycles. The second kappa shape index (κ2) is 7.20. The van der Waals surface area contributed by atoms with Gasteiger partial charge in [0, 0.05) is 0 Å². The molecule has 23 heavy (non-hydrogen) atoms. The Kier molecular flexibility index (Phi) is 4.83. The molecule has 3 nitrogen and oxygen atoms in total. The Balaban J connectivity index is 1.69. The minimum Gasteiger partial charge on any atom is -0.312 e. The van der Waals surface area contributed by atoms with Crippen molar-refractivity contribution < 1.29 is 0 Å². The van der Waals surface area contributed by atoms with Gasteiger partial charge in [-0.15, -0.1) is 0 Å². The summed E-state index contributed by atoms with van der Waals surface area (Å²) >= 11 is 0. The van der Waals surface area contributed by atoms with Crippen molar-refractivity contribution in [3.05, 3.63) is 96.1 Å². The van der Waals surface area contributed by atoms with E-state index in [-0.39, 0.29) is 12.3 Å². The molecule has 3 aromatic rings. The van der Waals surface area contributed by atoms with Crippen LogP contribution in [0.3, 0.4) is 0 Å². The second-order valence-electron chi connectivity index (χ2n) is 5.52. The van der Waals surface area contributed by atoms with Crippen LogP contribution in [0.4, 0.5) is 0 Å². The summed E-state index contributed by atoms with van der Waals surface area (Å²) in [6.45, 7) is 0. The van der Waals surface area contributed by atoms with Crippen molar-refractivity contribution in [1.29, 1.82) is 0 Å². The number of rotatable bonds is 5. The van der Waals surface area contributed by atoms with Crippen molar-refractivity contribution in [2.75, 3.05) is 0 Å². The summed E-state index contributed by atoms with van der Waals surface area (Å²) in [5.41, 5.74) is 16.8. The fourth-order valence-electron chi connectivity index (χ4n) is 2.56. The van der Waals surface area contributed by atoms with E-state index in [2.05, 4.69) is 29.6 Å². The molecule has 0 aliphatic heterocycles. The zero-order valence-electron chi connectivity index (χ0n) is 12.9. The molecule has 2 unspecified atom stereocenters. The number of hydrogen-bond donors (Lipinski definition) is 3. The number of nitrogens with one attached hydrogen (secondary N) is 1. The number of hydrogen-bond acceptors (Lipinski definition) is 3. The molecular formula is C20H21N3. The van der Waals surface area contributed by atoms with E-state index in [9.17, 15) is 0 Å². The first-order chi connectivity index (χ1) is 11.2. The second-order valence-corrected chi connectivity index (χ2v) is 5.52. The number of benzene rings is 3. The maximum absolute atomic E-state index is 6.23. The number of nitrogens with two attached hydrogens (primary N) is 2. The van der Waals surface area contributed by atoms with E-state index in [1.54, 1.807) is 0 Å². The van der Waals surface area contributed by atoms with Gasteiger partial charge in [0.25, 0.3) is 0 Å². The Morgan fingerprint density at radius 3 is 1.52 bits per heavy atom. The van der Waals surface area contributed by atoms with Crippen LogP contribution in [-0.2, 0) is 0 Å². The third-order valence-corrected chi connectivity index (χ3v) is 3.89. The Labute approximate surface area is 137 Å². The van der Waals surface area contributed by atoms with Crippen LogP contribution in [0, 0.1) is 0 Å². The largest absolute Gasteiger partial charge is 0.312 e. The normalized spacial score (nSPS) is 13.5. The predicted octanol–water partition coefficient (Wildman–Crippen LogP) is 3.56. The van der Waals surface area contributed by atoms with Crippen molar-refractivity contribution >= 4 is 0 Å². The van der Waals surface area contributed by atoms with E-state index in [0.717, 1.165) is 11.1 Å². The van der Waals surface area contributed by atoms with E-state index in [1.807, 2.05) is 60.7 Å². The maximum atomic E-state index is 6.23.